The van der Waals surface area contributed by atoms with Crippen LogP contribution in [-0.4, -0.2) is 11.5 Å². The molecule has 2 nitrogen and oxygen atoms in total. The van der Waals surface area contributed by atoms with Gasteiger partial charge in [0, 0.05) is 23.5 Å². The highest BCUT2D eigenvalue weighted by molar-refractivity contribution is 7.11. The highest BCUT2D eigenvalue weighted by Gasteiger charge is 2.09. The van der Waals surface area contributed by atoms with Gasteiger partial charge in [0.2, 0.25) is 0 Å². The van der Waals surface area contributed by atoms with E-state index in [1.54, 1.807) is 11.3 Å². The Morgan fingerprint density at radius 2 is 2.05 bits per heavy atom. The first kappa shape index (κ1) is 14.2. The lowest BCUT2D eigenvalue weighted by Crippen LogP contribution is -2.18. The molecule has 0 bridgehead atoms. The lowest BCUT2D eigenvalue weighted by Gasteiger charge is -2.09. The minimum atomic E-state index is -0.194. The average Bonchev–Trinajstić information content (AvgIpc) is 2.87. The molecule has 1 atom stereocenters. The molecule has 1 aromatic heterocycles. The fraction of sp³-hybridized carbons (Fsp3) is 0.400. The zero-order chi connectivity index (χ0) is 13.7. The molecule has 0 saturated heterocycles. The van der Waals surface area contributed by atoms with Crippen LogP contribution in [0, 0.1) is 5.82 Å². The van der Waals surface area contributed by atoms with Gasteiger partial charge in [-0.2, -0.15) is 0 Å². The Bertz CT molecular complexity index is 507. The number of benzene rings is 1. The van der Waals surface area contributed by atoms with Gasteiger partial charge in [-0.05, 0) is 37.6 Å². The standard InChI is InChI=1S/C15H19FN2S/c1-3-8-17-11(2)14-10-18-15(19-14)9-12-4-6-13(16)7-5-12/h4-7,10-11,17H,3,8-9H2,1-2H3. The zero-order valence-corrected chi connectivity index (χ0v) is 12.1. The Kier molecular flexibility index (Phi) is 5.05. The molecule has 1 unspecified atom stereocenters. The SMILES string of the molecule is CCCNC(C)c1cnc(Cc2ccc(F)cc2)s1. The van der Waals surface area contributed by atoms with Crippen LogP contribution in [0.4, 0.5) is 4.39 Å². The maximum Gasteiger partial charge on any atom is 0.123 e. The fourth-order valence-corrected chi connectivity index (χ4v) is 2.83. The summed E-state index contributed by atoms with van der Waals surface area (Å²) in [7, 11) is 0. The summed E-state index contributed by atoms with van der Waals surface area (Å²) < 4.78 is 12.8. The van der Waals surface area contributed by atoms with E-state index >= 15 is 0 Å². The molecule has 0 radical (unpaired) electrons. The van der Waals surface area contributed by atoms with Crippen LogP contribution in [0.3, 0.4) is 0 Å². The molecule has 4 heteroatoms. The monoisotopic (exact) mass is 278 g/mol. The van der Waals surface area contributed by atoms with Crippen molar-refractivity contribution < 1.29 is 4.39 Å². The second-order valence-electron chi connectivity index (χ2n) is 4.64. The van der Waals surface area contributed by atoms with E-state index in [-0.39, 0.29) is 5.82 Å². The molecule has 1 N–H and O–H groups in total. The quantitative estimate of drug-likeness (QED) is 0.866. The third kappa shape index (κ3) is 4.11. The Balaban J connectivity index is 1.98. The Morgan fingerprint density at radius 1 is 1.32 bits per heavy atom. The number of rotatable bonds is 6. The Hall–Kier alpha value is -1.26. The number of aromatic nitrogens is 1. The van der Waals surface area contributed by atoms with Crippen molar-refractivity contribution in [2.45, 2.75) is 32.7 Å². The number of halogens is 1. The van der Waals surface area contributed by atoms with Gasteiger partial charge in [-0.3, -0.25) is 0 Å². The van der Waals surface area contributed by atoms with E-state index in [1.165, 1.54) is 17.0 Å². The minimum absolute atomic E-state index is 0.194. The van der Waals surface area contributed by atoms with Gasteiger partial charge >= 0.3 is 0 Å². The number of hydrogen-bond donors (Lipinski definition) is 1. The third-order valence-corrected chi connectivity index (χ3v) is 4.15. The number of nitrogens with zero attached hydrogens (tertiary/aromatic N) is 1. The molecule has 0 saturated carbocycles. The van der Waals surface area contributed by atoms with Crippen molar-refractivity contribution in [3.05, 3.63) is 51.7 Å². The van der Waals surface area contributed by atoms with Crippen LogP contribution >= 0.6 is 11.3 Å². The van der Waals surface area contributed by atoms with E-state index in [1.807, 2.05) is 18.3 Å². The smallest absolute Gasteiger partial charge is 0.123 e. The summed E-state index contributed by atoms with van der Waals surface area (Å²) in [6, 6.07) is 6.97. The maximum atomic E-state index is 12.8. The molecule has 0 fully saturated rings. The van der Waals surface area contributed by atoms with E-state index < -0.39 is 0 Å². The minimum Gasteiger partial charge on any atom is -0.309 e. The largest absolute Gasteiger partial charge is 0.309 e. The summed E-state index contributed by atoms with van der Waals surface area (Å²) in [4.78, 5) is 5.70. The van der Waals surface area contributed by atoms with E-state index in [2.05, 4.69) is 24.1 Å². The first-order valence-corrected chi connectivity index (χ1v) is 7.43. The number of nitrogens with one attached hydrogen (secondary N) is 1. The Labute approximate surface area is 117 Å². The number of hydrogen-bond acceptors (Lipinski definition) is 3. The van der Waals surface area contributed by atoms with Gasteiger partial charge in [0.05, 0.1) is 5.01 Å². The third-order valence-electron chi connectivity index (χ3n) is 2.97. The van der Waals surface area contributed by atoms with Crippen LogP contribution < -0.4 is 5.32 Å². The molecule has 1 aromatic carbocycles. The van der Waals surface area contributed by atoms with Crippen molar-refractivity contribution >= 4 is 11.3 Å². The molecule has 0 aliphatic carbocycles. The Morgan fingerprint density at radius 3 is 2.74 bits per heavy atom. The van der Waals surface area contributed by atoms with Crippen molar-refractivity contribution in [1.29, 1.82) is 0 Å². The van der Waals surface area contributed by atoms with Crippen LogP contribution in [0.2, 0.25) is 0 Å². The summed E-state index contributed by atoms with van der Waals surface area (Å²) >= 11 is 1.72. The van der Waals surface area contributed by atoms with E-state index in [4.69, 9.17) is 0 Å². The molecule has 1 heterocycles. The molecule has 2 aromatic rings. The van der Waals surface area contributed by atoms with Crippen LogP contribution in [0.25, 0.3) is 0 Å². The molecule has 0 aliphatic heterocycles. The van der Waals surface area contributed by atoms with Gasteiger partial charge in [0.15, 0.2) is 0 Å². The van der Waals surface area contributed by atoms with E-state index in [0.717, 1.165) is 30.0 Å². The van der Waals surface area contributed by atoms with Crippen LogP contribution in [0.1, 0.15) is 41.8 Å². The molecule has 19 heavy (non-hydrogen) atoms. The van der Waals surface area contributed by atoms with Gasteiger partial charge in [0.25, 0.3) is 0 Å². The first-order valence-electron chi connectivity index (χ1n) is 6.61. The summed E-state index contributed by atoms with van der Waals surface area (Å²) in [5.41, 5.74) is 1.09. The predicted molar refractivity (Wildman–Crippen MR) is 78.0 cm³/mol. The van der Waals surface area contributed by atoms with Crippen molar-refractivity contribution in [2.75, 3.05) is 6.54 Å². The first-order chi connectivity index (χ1) is 9.19. The van der Waals surface area contributed by atoms with Gasteiger partial charge < -0.3 is 5.32 Å². The van der Waals surface area contributed by atoms with Crippen LogP contribution in [0.5, 0.6) is 0 Å². The molecular weight excluding hydrogens is 259 g/mol. The zero-order valence-electron chi connectivity index (χ0n) is 11.3. The topological polar surface area (TPSA) is 24.9 Å². The van der Waals surface area contributed by atoms with Crippen LogP contribution in [-0.2, 0) is 6.42 Å². The normalized spacial score (nSPS) is 12.6. The van der Waals surface area contributed by atoms with Crippen molar-refractivity contribution in [2.24, 2.45) is 0 Å². The van der Waals surface area contributed by atoms with Gasteiger partial charge in [-0.1, -0.05) is 19.1 Å². The van der Waals surface area contributed by atoms with Crippen LogP contribution in [0.15, 0.2) is 30.5 Å². The molecule has 0 amide bonds. The molecule has 0 spiro atoms. The second-order valence-corrected chi connectivity index (χ2v) is 5.78. The highest BCUT2D eigenvalue weighted by atomic mass is 32.1. The predicted octanol–water partition coefficient (Wildman–Crippen LogP) is 3.93. The molecular formula is C15H19FN2S. The van der Waals surface area contributed by atoms with Crippen molar-refractivity contribution in [1.82, 2.24) is 10.3 Å². The van der Waals surface area contributed by atoms with Crippen molar-refractivity contribution in [3.8, 4) is 0 Å². The van der Waals surface area contributed by atoms with Gasteiger partial charge in [-0.15, -0.1) is 11.3 Å². The second kappa shape index (κ2) is 6.78. The van der Waals surface area contributed by atoms with Gasteiger partial charge in [0.1, 0.15) is 5.82 Å². The maximum absolute atomic E-state index is 12.8. The summed E-state index contributed by atoms with van der Waals surface area (Å²) in [6.07, 6.45) is 3.84. The van der Waals surface area contributed by atoms with E-state index in [9.17, 15) is 4.39 Å². The summed E-state index contributed by atoms with van der Waals surface area (Å²) in [5.74, 6) is -0.194. The summed E-state index contributed by atoms with van der Waals surface area (Å²) in [6.45, 7) is 5.34. The summed E-state index contributed by atoms with van der Waals surface area (Å²) in [5, 5.41) is 4.53. The molecule has 0 aliphatic rings. The molecule has 102 valence electrons. The lowest BCUT2D eigenvalue weighted by molar-refractivity contribution is 0.577. The van der Waals surface area contributed by atoms with Crippen molar-refractivity contribution in [3.63, 3.8) is 0 Å². The lowest BCUT2D eigenvalue weighted by atomic mass is 10.2. The highest BCUT2D eigenvalue weighted by Crippen LogP contribution is 2.22. The van der Waals surface area contributed by atoms with E-state index in [0.29, 0.717) is 6.04 Å². The fourth-order valence-electron chi connectivity index (χ4n) is 1.84. The molecule has 2 rings (SSSR count). The van der Waals surface area contributed by atoms with Gasteiger partial charge in [-0.25, -0.2) is 9.37 Å². The average molecular weight is 278 g/mol. The number of thiazole rings is 1.